The highest BCUT2D eigenvalue weighted by Crippen LogP contribution is 2.12. The van der Waals surface area contributed by atoms with Gasteiger partial charge in [-0.05, 0) is 20.1 Å². The molecule has 0 spiro atoms. The van der Waals surface area contributed by atoms with Gasteiger partial charge in [0.1, 0.15) is 11.8 Å². The van der Waals surface area contributed by atoms with Crippen molar-refractivity contribution < 1.29 is 19.2 Å². The van der Waals surface area contributed by atoms with E-state index in [4.69, 9.17) is 9.63 Å². The highest BCUT2D eigenvalue weighted by Gasteiger charge is 2.21. The Morgan fingerprint density at radius 1 is 1.50 bits per heavy atom. The van der Waals surface area contributed by atoms with E-state index >= 15 is 0 Å². The summed E-state index contributed by atoms with van der Waals surface area (Å²) in [6.45, 7) is 3.47. The lowest BCUT2D eigenvalue weighted by molar-refractivity contribution is -0.141. The Morgan fingerprint density at radius 2 is 2.17 bits per heavy atom. The summed E-state index contributed by atoms with van der Waals surface area (Å²) in [4.78, 5) is 22.7. The van der Waals surface area contributed by atoms with E-state index in [9.17, 15) is 9.59 Å². The summed E-state index contributed by atoms with van der Waals surface area (Å²) in [5.41, 5.74) is 1.36. The average molecular weight is 272 g/mol. The molecule has 0 radical (unpaired) electrons. The van der Waals surface area contributed by atoms with Gasteiger partial charge in [0.05, 0.1) is 12.1 Å². The molecule has 0 saturated carbocycles. The number of carboxylic acid groups (broad SMARTS) is 1. The standard InChI is InChI=1S/C11H16N2O4S/c1-6-8(7(2)17-13-6)4-10(14)12-9(5-18-3)11(15)16/h9H,4-5H2,1-3H3,(H,12,14)(H,15,16)/t9-/m0/s1. The number of carboxylic acids is 1. The second kappa shape index (κ2) is 6.44. The second-order valence-corrected chi connectivity index (χ2v) is 4.80. The number of aryl methyl sites for hydroxylation is 2. The molecule has 0 fully saturated rings. The molecule has 0 saturated heterocycles. The Morgan fingerprint density at radius 3 is 2.61 bits per heavy atom. The molecule has 0 unspecified atom stereocenters. The molecular formula is C11H16N2O4S. The number of hydrogen-bond donors (Lipinski definition) is 2. The maximum atomic E-state index is 11.8. The first kappa shape index (κ1) is 14.6. The van der Waals surface area contributed by atoms with Crippen LogP contribution in [0.3, 0.4) is 0 Å². The summed E-state index contributed by atoms with van der Waals surface area (Å²) in [5.74, 6) is -0.454. The van der Waals surface area contributed by atoms with Crippen molar-refractivity contribution in [3.8, 4) is 0 Å². The maximum absolute atomic E-state index is 11.8. The summed E-state index contributed by atoms with van der Waals surface area (Å²) in [6.07, 6.45) is 1.87. The van der Waals surface area contributed by atoms with Crippen molar-refractivity contribution in [2.45, 2.75) is 26.3 Å². The van der Waals surface area contributed by atoms with E-state index in [1.807, 2.05) is 0 Å². The zero-order valence-electron chi connectivity index (χ0n) is 10.5. The molecule has 1 aromatic heterocycles. The lowest BCUT2D eigenvalue weighted by Gasteiger charge is -2.12. The largest absolute Gasteiger partial charge is 0.480 e. The van der Waals surface area contributed by atoms with Gasteiger partial charge < -0.3 is 14.9 Å². The maximum Gasteiger partial charge on any atom is 0.327 e. The Balaban J connectivity index is 2.63. The smallest absolute Gasteiger partial charge is 0.327 e. The van der Waals surface area contributed by atoms with Crippen molar-refractivity contribution in [3.05, 3.63) is 17.0 Å². The first-order valence-corrected chi connectivity index (χ1v) is 6.78. The van der Waals surface area contributed by atoms with Gasteiger partial charge in [-0.1, -0.05) is 5.16 Å². The predicted octanol–water partition coefficient (Wildman–Crippen LogP) is 0.766. The number of thioether (sulfide) groups is 1. The van der Waals surface area contributed by atoms with E-state index < -0.39 is 12.0 Å². The first-order chi connectivity index (χ1) is 8.45. The molecule has 1 amide bonds. The van der Waals surface area contributed by atoms with Crippen LogP contribution < -0.4 is 5.32 Å². The van der Waals surface area contributed by atoms with Crippen LogP contribution in [0, 0.1) is 13.8 Å². The molecule has 1 atom stereocenters. The van der Waals surface area contributed by atoms with Gasteiger partial charge in [-0.2, -0.15) is 11.8 Å². The lowest BCUT2D eigenvalue weighted by atomic mass is 10.1. The Hall–Kier alpha value is -1.50. The van der Waals surface area contributed by atoms with Gasteiger partial charge in [0.25, 0.3) is 0 Å². The highest BCUT2D eigenvalue weighted by atomic mass is 32.2. The fraction of sp³-hybridized carbons (Fsp3) is 0.545. The monoisotopic (exact) mass is 272 g/mol. The third-order valence-electron chi connectivity index (χ3n) is 2.49. The zero-order valence-corrected chi connectivity index (χ0v) is 11.3. The summed E-state index contributed by atoms with van der Waals surface area (Å²) < 4.78 is 4.95. The summed E-state index contributed by atoms with van der Waals surface area (Å²) in [7, 11) is 0. The Labute approximate surface area is 109 Å². The molecule has 0 aromatic carbocycles. The molecule has 1 heterocycles. The van der Waals surface area contributed by atoms with E-state index in [2.05, 4.69) is 10.5 Å². The van der Waals surface area contributed by atoms with Crippen LogP contribution in [0.2, 0.25) is 0 Å². The van der Waals surface area contributed by atoms with Crippen LogP contribution in [0.4, 0.5) is 0 Å². The minimum Gasteiger partial charge on any atom is -0.480 e. The van der Waals surface area contributed by atoms with Crippen molar-refractivity contribution >= 4 is 23.6 Å². The number of rotatable bonds is 6. The third-order valence-corrected chi connectivity index (χ3v) is 3.15. The molecule has 18 heavy (non-hydrogen) atoms. The van der Waals surface area contributed by atoms with Crippen LogP contribution in [0.25, 0.3) is 0 Å². The van der Waals surface area contributed by atoms with Crippen LogP contribution in [0.15, 0.2) is 4.52 Å². The minimum atomic E-state index is -1.03. The molecule has 0 aliphatic heterocycles. The molecule has 0 bridgehead atoms. The van der Waals surface area contributed by atoms with E-state index in [0.29, 0.717) is 22.8 Å². The molecule has 100 valence electrons. The van der Waals surface area contributed by atoms with Gasteiger partial charge in [0.2, 0.25) is 5.91 Å². The van der Waals surface area contributed by atoms with E-state index in [0.717, 1.165) is 0 Å². The SMILES string of the molecule is CSC[C@H](NC(=O)Cc1c(C)noc1C)C(=O)O. The molecule has 0 aliphatic rings. The molecule has 6 nitrogen and oxygen atoms in total. The number of nitrogens with zero attached hydrogens (tertiary/aromatic N) is 1. The number of carbonyl (C=O) groups is 2. The molecular weight excluding hydrogens is 256 g/mol. The average Bonchev–Trinajstić information content (AvgIpc) is 2.60. The van der Waals surface area contributed by atoms with Crippen molar-refractivity contribution in [1.82, 2.24) is 10.5 Å². The van der Waals surface area contributed by atoms with Crippen LogP contribution in [-0.2, 0) is 16.0 Å². The van der Waals surface area contributed by atoms with Crippen LogP contribution >= 0.6 is 11.8 Å². The summed E-state index contributed by atoms with van der Waals surface area (Å²) in [5, 5.41) is 15.2. The van der Waals surface area contributed by atoms with Crippen LogP contribution in [-0.4, -0.2) is 40.2 Å². The number of nitrogens with one attached hydrogen (secondary N) is 1. The first-order valence-electron chi connectivity index (χ1n) is 5.38. The molecule has 7 heteroatoms. The molecule has 2 N–H and O–H groups in total. The van der Waals surface area contributed by atoms with Gasteiger partial charge in [-0.3, -0.25) is 4.79 Å². The zero-order chi connectivity index (χ0) is 13.7. The Bertz CT molecular complexity index is 425. The topological polar surface area (TPSA) is 92.4 Å². The second-order valence-electron chi connectivity index (χ2n) is 3.89. The fourth-order valence-electron chi connectivity index (χ4n) is 1.50. The van der Waals surface area contributed by atoms with Crippen LogP contribution in [0.1, 0.15) is 17.0 Å². The van der Waals surface area contributed by atoms with Crippen molar-refractivity contribution in [2.75, 3.05) is 12.0 Å². The highest BCUT2D eigenvalue weighted by molar-refractivity contribution is 7.98. The van der Waals surface area contributed by atoms with Gasteiger partial charge in [-0.25, -0.2) is 4.79 Å². The van der Waals surface area contributed by atoms with Crippen LogP contribution in [0.5, 0.6) is 0 Å². The van der Waals surface area contributed by atoms with Crippen molar-refractivity contribution in [2.24, 2.45) is 0 Å². The summed E-state index contributed by atoms with van der Waals surface area (Å²) in [6, 6.07) is -0.868. The summed E-state index contributed by atoms with van der Waals surface area (Å²) >= 11 is 1.37. The van der Waals surface area contributed by atoms with Gasteiger partial charge in [-0.15, -0.1) is 0 Å². The number of aliphatic carboxylic acids is 1. The number of amides is 1. The fourth-order valence-corrected chi connectivity index (χ4v) is 2.06. The lowest BCUT2D eigenvalue weighted by Crippen LogP contribution is -2.43. The Kier molecular flexibility index (Phi) is 5.21. The minimum absolute atomic E-state index is 0.0827. The number of carbonyl (C=O) groups excluding carboxylic acids is 1. The van der Waals surface area contributed by atoms with Crippen molar-refractivity contribution in [3.63, 3.8) is 0 Å². The van der Waals surface area contributed by atoms with Gasteiger partial charge in [0.15, 0.2) is 0 Å². The predicted molar refractivity (Wildman–Crippen MR) is 67.6 cm³/mol. The normalized spacial score (nSPS) is 12.2. The molecule has 1 rings (SSSR count). The molecule has 1 aromatic rings. The quantitative estimate of drug-likeness (QED) is 0.794. The van der Waals surface area contributed by atoms with Gasteiger partial charge >= 0.3 is 5.97 Å². The van der Waals surface area contributed by atoms with Crippen molar-refractivity contribution in [1.29, 1.82) is 0 Å². The number of aromatic nitrogens is 1. The van der Waals surface area contributed by atoms with E-state index in [1.165, 1.54) is 11.8 Å². The third kappa shape index (κ3) is 3.76. The van der Waals surface area contributed by atoms with Gasteiger partial charge in [0, 0.05) is 11.3 Å². The number of hydrogen-bond acceptors (Lipinski definition) is 5. The van der Waals surface area contributed by atoms with E-state index in [1.54, 1.807) is 20.1 Å². The molecule has 0 aliphatic carbocycles. The van der Waals surface area contributed by atoms with E-state index in [-0.39, 0.29) is 12.3 Å².